The number of anilines is 2. The lowest BCUT2D eigenvalue weighted by Crippen LogP contribution is -2.40. The van der Waals surface area contributed by atoms with Crippen LogP contribution in [0, 0.1) is 6.92 Å². The number of aromatic nitrogens is 2. The summed E-state index contributed by atoms with van der Waals surface area (Å²) in [6, 6.07) is 16.2. The highest BCUT2D eigenvalue weighted by atomic mass is 16.5. The van der Waals surface area contributed by atoms with Gasteiger partial charge in [-0.1, -0.05) is 44.2 Å². The Hall–Kier alpha value is -3.71. The first-order valence-corrected chi connectivity index (χ1v) is 12.1. The van der Waals surface area contributed by atoms with E-state index in [4.69, 9.17) is 9.72 Å². The topological polar surface area (TPSA) is 79.4 Å². The van der Waals surface area contributed by atoms with E-state index in [1.54, 1.807) is 6.20 Å². The van der Waals surface area contributed by atoms with Crippen molar-refractivity contribution in [3.8, 4) is 17.0 Å². The predicted octanol–water partition coefficient (Wildman–Crippen LogP) is 4.86. The molecule has 0 fully saturated rings. The molecule has 7 nitrogen and oxygen atoms in total. The molecule has 0 aliphatic carbocycles. The first-order chi connectivity index (χ1) is 17.0. The van der Waals surface area contributed by atoms with Gasteiger partial charge in [-0.15, -0.1) is 0 Å². The molecule has 7 heteroatoms. The zero-order valence-corrected chi connectivity index (χ0v) is 20.6. The van der Waals surface area contributed by atoms with Crippen LogP contribution in [0.25, 0.3) is 11.3 Å². The van der Waals surface area contributed by atoms with Crippen molar-refractivity contribution in [1.82, 2.24) is 20.2 Å². The van der Waals surface area contributed by atoms with E-state index in [1.807, 2.05) is 61.2 Å². The minimum Gasteiger partial charge on any atom is -0.493 e. The third-order valence-electron chi connectivity index (χ3n) is 5.81. The summed E-state index contributed by atoms with van der Waals surface area (Å²) in [5.41, 5.74) is 4.87. The normalized spacial score (nSPS) is 14.9. The van der Waals surface area contributed by atoms with Crippen LogP contribution in [0.4, 0.5) is 11.6 Å². The van der Waals surface area contributed by atoms with Gasteiger partial charge in [0.05, 0.1) is 18.8 Å². The second-order valence-electron chi connectivity index (χ2n) is 8.98. The summed E-state index contributed by atoms with van der Waals surface area (Å²) in [4.78, 5) is 24.0. The molecule has 0 atom stereocenters. The second kappa shape index (κ2) is 11.6. The Morgan fingerprint density at radius 3 is 2.91 bits per heavy atom. The number of hydrogen-bond donors (Lipinski definition) is 2. The van der Waals surface area contributed by atoms with Crippen LogP contribution >= 0.6 is 0 Å². The number of nitrogens with one attached hydrogen (secondary N) is 2. The first kappa shape index (κ1) is 24.4. The number of fused-ring (bicyclic) bond motifs is 7. The SMILES string of the molecule is Cc1ccc2cc1CN(C(=O)CNC(C)C)C/C=C/CCOc1cccc(c1)-c1ccnc(n1)N2. The van der Waals surface area contributed by atoms with Gasteiger partial charge in [0.25, 0.3) is 0 Å². The van der Waals surface area contributed by atoms with Gasteiger partial charge in [0.2, 0.25) is 11.9 Å². The maximum atomic E-state index is 13.0. The summed E-state index contributed by atoms with van der Waals surface area (Å²) in [7, 11) is 0. The molecule has 1 aliphatic rings. The molecule has 6 bridgehead atoms. The van der Waals surface area contributed by atoms with Crippen LogP contribution in [-0.2, 0) is 11.3 Å². The zero-order valence-electron chi connectivity index (χ0n) is 20.6. The molecule has 1 amide bonds. The molecule has 1 aromatic heterocycles. The average Bonchev–Trinajstić information content (AvgIpc) is 2.85. The fourth-order valence-corrected chi connectivity index (χ4v) is 3.80. The number of carbonyl (C=O) groups is 1. The van der Waals surface area contributed by atoms with Crippen LogP contribution in [0.5, 0.6) is 5.75 Å². The van der Waals surface area contributed by atoms with Gasteiger partial charge >= 0.3 is 0 Å². The molecule has 0 radical (unpaired) electrons. The largest absolute Gasteiger partial charge is 0.493 e. The van der Waals surface area contributed by atoms with Crippen molar-refractivity contribution in [3.63, 3.8) is 0 Å². The van der Waals surface area contributed by atoms with Gasteiger partial charge in [-0.2, -0.15) is 0 Å². The van der Waals surface area contributed by atoms with Crippen molar-refractivity contribution in [3.05, 3.63) is 78.0 Å². The predicted molar refractivity (Wildman–Crippen MR) is 140 cm³/mol. The molecule has 2 aromatic carbocycles. The van der Waals surface area contributed by atoms with Gasteiger partial charge in [0.1, 0.15) is 5.75 Å². The molecule has 1 aliphatic heterocycles. The minimum absolute atomic E-state index is 0.0691. The molecular weight excluding hydrogens is 438 g/mol. The molecule has 182 valence electrons. The lowest BCUT2D eigenvalue weighted by molar-refractivity contribution is -0.130. The van der Waals surface area contributed by atoms with Crippen molar-refractivity contribution >= 4 is 17.5 Å². The Balaban J connectivity index is 1.65. The molecule has 35 heavy (non-hydrogen) atoms. The Labute approximate surface area is 207 Å². The van der Waals surface area contributed by atoms with Crippen molar-refractivity contribution in [1.29, 1.82) is 0 Å². The maximum absolute atomic E-state index is 13.0. The number of nitrogens with zero attached hydrogens (tertiary/aromatic N) is 3. The third-order valence-corrected chi connectivity index (χ3v) is 5.81. The third kappa shape index (κ3) is 6.90. The quantitative estimate of drug-likeness (QED) is 0.531. The van der Waals surface area contributed by atoms with E-state index in [2.05, 4.69) is 40.8 Å². The molecule has 0 saturated carbocycles. The van der Waals surface area contributed by atoms with Crippen molar-refractivity contribution in [2.75, 3.05) is 25.0 Å². The number of carbonyl (C=O) groups excluding carboxylic acids is 1. The number of aryl methyl sites for hydroxylation is 1. The highest BCUT2D eigenvalue weighted by Gasteiger charge is 2.15. The smallest absolute Gasteiger partial charge is 0.237 e. The Morgan fingerprint density at radius 1 is 1.17 bits per heavy atom. The van der Waals surface area contributed by atoms with E-state index in [-0.39, 0.29) is 11.9 Å². The minimum atomic E-state index is 0.0691. The highest BCUT2D eigenvalue weighted by Crippen LogP contribution is 2.25. The fraction of sp³-hybridized carbons (Fsp3) is 0.321. The standard InChI is InChI=1S/C28H33N5O2/c1-20(2)30-18-27(34)33-14-5-4-6-15-35-25-9-7-8-22(17-25)26-12-13-29-28(32-26)31-24-11-10-21(3)23(16-24)19-33/h4-5,7-13,16-17,20,30H,6,14-15,18-19H2,1-3H3,(H,29,31,32)/b5-4+. The number of ether oxygens (including phenoxy) is 1. The lowest BCUT2D eigenvalue weighted by Gasteiger charge is -2.24. The van der Waals surface area contributed by atoms with Crippen molar-refractivity contribution < 1.29 is 9.53 Å². The van der Waals surface area contributed by atoms with E-state index in [0.29, 0.717) is 32.2 Å². The fourth-order valence-electron chi connectivity index (χ4n) is 3.80. The Bertz CT molecular complexity index is 1190. The lowest BCUT2D eigenvalue weighted by atomic mass is 10.1. The highest BCUT2D eigenvalue weighted by molar-refractivity contribution is 5.78. The summed E-state index contributed by atoms with van der Waals surface area (Å²) in [5, 5.41) is 6.56. The second-order valence-corrected chi connectivity index (χ2v) is 8.98. The van der Waals surface area contributed by atoms with Gasteiger partial charge in [-0.3, -0.25) is 4.79 Å². The monoisotopic (exact) mass is 471 g/mol. The summed E-state index contributed by atoms with van der Waals surface area (Å²) in [5.74, 6) is 1.38. The van der Waals surface area contributed by atoms with E-state index in [9.17, 15) is 4.79 Å². The summed E-state index contributed by atoms with van der Waals surface area (Å²) < 4.78 is 5.95. The summed E-state index contributed by atoms with van der Waals surface area (Å²) in [6.45, 7) is 8.07. The number of benzene rings is 2. The van der Waals surface area contributed by atoms with Crippen LogP contribution in [0.1, 0.15) is 31.4 Å². The van der Waals surface area contributed by atoms with E-state index < -0.39 is 0 Å². The number of amides is 1. The van der Waals surface area contributed by atoms with Crippen LogP contribution in [0.2, 0.25) is 0 Å². The zero-order chi connectivity index (χ0) is 24.6. The molecule has 3 aromatic rings. The van der Waals surface area contributed by atoms with Gasteiger partial charge in [-0.25, -0.2) is 9.97 Å². The van der Waals surface area contributed by atoms with Gasteiger partial charge < -0.3 is 20.3 Å². The molecule has 2 heterocycles. The number of hydrogen-bond acceptors (Lipinski definition) is 6. The Kier molecular flexibility index (Phi) is 8.11. The van der Waals surface area contributed by atoms with E-state index in [0.717, 1.165) is 40.2 Å². The van der Waals surface area contributed by atoms with Crippen molar-refractivity contribution in [2.24, 2.45) is 0 Å². The van der Waals surface area contributed by atoms with Crippen LogP contribution in [0.3, 0.4) is 0 Å². The molecule has 0 unspecified atom stereocenters. The van der Waals surface area contributed by atoms with Gasteiger partial charge in [-0.05, 0) is 54.8 Å². The summed E-state index contributed by atoms with van der Waals surface area (Å²) in [6.07, 6.45) is 6.63. The molecule has 4 rings (SSSR count). The average molecular weight is 472 g/mol. The number of rotatable bonds is 3. The van der Waals surface area contributed by atoms with E-state index in [1.165, 1.54) is 0 Å². The van der Waals surface area contributed by atoms with Crippen molar-refractivity contribution in [2.45, 2.75) is 39.8 Å². The molecule has 0 saturated heterocycles. The van der Waals surface area contributed by atoms with Gasteiger partial charge in [0.15, 0.2) is 0 Å². The summed E-state index contributed by atoms with van der Waals surface area (Å²) >= 11 is 0. The van der Waals surface area contributed by atoms with Crippen LogP contribution < -0.4 is 15.4 Å². The van der Waals surface area contributed by atoms with Gasteiger partial charge in [0, 0.05) is 36.6 Å². The van der Waals surface area contributed by atoms with E-state index >= 15 is 0 Å². The molecule has 2 N–H and O–H groups in total. The first-order valence-electron chi connectivity index (χ1n) is 12.1. The van der Waals surface area contributed by atoms with Crippen LogP contribution in [0.15, 0.2) is 66.9 Å². The van der Waals surface area contributed by atoms with Crippen LogP contribution in [-0.4, -0.2) is 46.5 Å². The maximum Gasteiger partial charge on any atom is 0.237 e. The molecular formula is C28H33N5O2. The Morgan fingerprint density at radius 2 is 2.06 bits per heavy atom. The molecule has 0 spiro atoms.